The quantitative estimate of drug-likeness (QED) is 0.649. The van der Waals surface area contributed by atoms with Crippen LogP contribution in [0.1, 0.15) is 0 Å². The number of hydrogen-bond donors (Lipinski definition) is 0. The Kier molecular flexibility index (Phi) is 3.81. The van der Waals surface area contributed by atoms with Crippen molar-refractivity contribution in [1.29, 1.82) is 0 Å². The molecule has 0 spiro atoms. The summed E-state index contributed by atoms with van der Waals surface area (Å²) in [4.78, 5) is 0. The zero-order chi connectivity index (χ0) is 12.9. The molecule has 3 rings (SSSR count). The minimum atomic E-state index is -1.63. The van der Waals surface area contributed by atoms with E-state index in [0.29, 0.717) is 0 Å². The average molecular weight is 307 g/mol. The molecule has 0 nitrogen and oxygen atoms in total. The van der Waals surface area contributed by atoms with Gasteiger partial charge in [-0.1, -0.05) is 0 Å². The molecular formula is C18H16As+. The number of rotatable bonds is 3. The third kappa shape index (κ3) is 2.80. The van der Waals surface area contributed by atoms with Gasteiger partial charge in [-0.05, 0) is 0 Å². The molecule has 0 saturated heterocycles. The van der Waals surface area contributed by atoms with E-state index < -0.39 is 14.7 Å². The summed E-state index contributed by atoms with van der Waals surface area (Å²) in [7, 11) is 0. The molecule has 0 heterocycles. The summed E-state index contributed by atoms with van der Waals surface area (Å²) < 4.78 is 4.50. The molecule has 1 heteroatoms. The van der Waals surface area contributed by atoms with E-state index in [4.69, 9.17) is 0 Å². The second kappa shape index (κ2) is 5.91. The van der Waals surface area contributed by atoms with Gasteiger partial charge in [0.15, 0.2) is 0 Å². The van der Waals surface area contributed by atoms with Crippen LogP contribution in [0.2, 0.25) is 0 Å². The van der Waals surface area contributed by atoms with Gasteiger partial charge in [0.05, 0.1) is 0 Å². The van der Waals surface area contributed by atoms with E-state index in [0.717, 1.165) is 0 Å². The molecule has 0 bridgehead atoms. The van der Waals surface area contributed by atoms with Crippen molar-refractivity contribution in [3.8, 4) is 0 Å². The molecule has 92 valence electrons. The van der Waals surface area contributed by atoms with Crippen LogP contribution < -0.4 is 13.1 Å². The predicted octanol–water partition coefficient (Wildman–Crippen LogP) is 1.94. The summed E-state index contributed by atoms with van der Waals surface area (Å²) in [5.74, 6) is 0. The van der Waals surface area contributed by atoms with E-state index in [1.54, 1.807) is 0 Å². The van der Waals surface area contributed by atoms with E-state index in [-0.39, 0.29) is 0 Å². The van der Waals surface area contributed by atoms with Crippen molar-refractivity contribution in [3.63, 3.8) is 0 Å². The fourth-order valence-corrected chi connectivity index (χ4v) is 7.72. The van der Waals surface area contributed by atoms with Crippen LogP contribution in [0.3, 0.4) is 0 Å². The Morgan fingerprint density at radius 2 is 0.632 bits per heavy atom. The third-order valence-corrected chi connectivity index (χ3v) is 8.92. The zero-order valence-corrected chi connectivity index (χ0v) is 12.8. The van der Waals surface area contributed by atoms with E-state index in [1.165, 1.54) is 13.1 Å². The molecule has 0 radical (unpaired) electrons. The molecule has 0 N–H and O–H groups in total. The fourth-order valence-electron chi connectivity index (χ4n) is 2.31. The molecule has 3 aromatic carbocycles. The normalized spacial score (nSPS) is 10.6. The van der Waals surface area contributed by atoms with Crippen molar-refractivity contribution in [2.24, 2.45) is 0 Å². The van der Waals surface area contributed by atoms with Gasteiger partial charge in [-0.25, -0.2) is 0 Å². The summed E-state index contributed by atoms with van der Waals surface area (Å²) in [5.41, 5.74) is 0. The molecule has 0 amide bonds. The van der Waals surface area contributed by atoms with E-state index in [2.05, 4.69) is 91.0 Å². The first kappa shape index (κ1) is 12.3. The standard InChI is InChI=1S/C18H16As/c1-4-10-16(11-5-1)19(17-12-6-2-7-13-17)18-14-8-3-9-15-18/h1-15,19H/q+1. The summed E-state index contributed by atoms with van der Waals surface area (Å²) in [6.07, 6.45) is 0. The first-order chi connectivity index (χ1) is 9.45. The second-order valence-electron chi connectivity index (χ2n) is 4.47. The summed E-state index contributed by atoms with van der Waals surface area (Å²) in [6.45, 7) is 0. The minimum absolute atomic E-state index is 1.50. The fraction of sp³-hybridized carbons (Fsp3) is 0. The Bertz CT molecular complexity index is 524. The van der Waals surface area contributed by atoms with Gasteiger partial charge in [-0.15, -0.1) is 0 Å². The SMILES string of the molecule is c1ccc([AsH+](c2ccccc2)c2ccccc2)cc1. The van der Waals surface area contributed by atoms with Crippen LogP contribution in [0.25, 0.3) is 0 Å². The molecule has 19 heavy (non-hydrogen) atoms. The van der Waals surface area contributed by atoms with Crippen LogP contribution in [0.4, 0.5) is 0 Å². The topological polar surface area (TPSA) is 0 Å². The van der Waals surface area contributed by atoms with Gasteiger partial charge in [-0.3, -0.25) is 0 Å². The predicted molar refractivity (Wildman–Crippen MR) is 85.4 cm³/mol. The van der Waals surface area contributed by atoms with Crippen LogP contribution in [0.5, 0.6) is 0 Å². The second-order valence-corrected chi connectivity index (χ2v) is 9.68. The van der Waals surface area contributed by atoms with E-state index in [9.17, 15) is 0 Å². The monoisotopic (exact) mass is 307 g/mol. The molecule has 0 fully saturated rings. The van der Waals surface area contributed by atoms with Crippen LogP contribution in [0.15, 0.2) is 91.0 Å². The van der Waals surface area contributed by atoms with Crippen molar-refractivity contribution in [2.45, 2.75) is 0 Å². The van der Waals surface area contributed by atoms with Crippen molar-refractivity contribution >= 4 is 27.7 Å². The van der Waals surface area contributed by atoms with Crippen molar-refractivity contribution < 1.29 is 0 Å². The van der Waals surface area contributed by atoms with Crippen molar-refractivity contribution in [3.05, 3.63) is 91.0 Å². The van der Waals surface area contributed by atoms with Gasteiger partial charge in [0.1, 0.15) is 0 Å². The summed E-state index contributed by atoms with van der Waals surface area (Å²) in [5, 5.41) is 0. The Balaban J connectivity index is 2.12. The van der Waals surface area contributed by atoms with Crippen LogP contribution in [-0.4, -0.2) is 14.7 Å². The molecule has 0 unspecified atom stereocenters. The van der Waals surface area contributed by atoms with Gasteiger partial charge in [0, 0.05) is 0 Å². The molecule has 0 saturated carbocycles. The van der Waals surface area contributed by atoms with Gasteiger partial charge >= 0.3 is 119 Å². The molecule has 3 aromatic rings. The van der Waals surface area contributed by atoms with Crippen LogP contribution in [-0.2, 0) is 0 Å². The molecule has 0 aromatic heterocycles. The first-order valence-corrected chi connectivity index (χ1v) is 9.63. The maximum absolute atomic E-state index is 2.27. The van der Waals surface area contributed by atoms with Crippen molar-refractivity contribution in [2.75, 3.05) is 0 Å². The molecular weight excluding hydrogens is 291 g/mol. The molecule has 0 aliphatic carbocycles. The zero-order valence-electron chi connectivity index (χ0n) is 10.7. The van der Waals surface area contributed by atoms with E-state index in [1.807, 2.05) is 0 Å². The van der Waals surface area contributed by atoms with Crippen molar-refractivity contribution in [1.82, 2.24) is 0 Å². The van der Waals surface area contributed by atoms with Gasteiger partial charge in [0.2, 0.25) is 0 Å². The molecule has 0 aliphatic rings. The average Bonchev–Trinajstić information content (AvgIpc) is 2.51. The van der Waals surface area contributed by atoms with Crippen LogP contribution in [0, 0.1) is 0 Å². The molecule has 0 aliphatic heterocycles. The first-order valence-electron chi connectivity index (χ1n) is 6.48. The van der Waals surface area contributed by atoms with Gasteiger partial charge in [0.25, 0.3) is 0 Å². The summed E-state index contributed by atoms with van der Waals surface area (Å²) >= 11 is -1.63. The Morgan fingerprint density at radius 3 is 0.895 bits per heavy atom. The van der Waals surface area contributed by atoms with Gasteiger partial charge < -0.3 is 0 Å². The third-order valence-electron chi connectivity index (χ3n) is 3.19. The van der Waals surface area contributed by atoms with E-state index >= 15 is 0 Å². The Morgan fingerprint density at radius 1 is 0.368 bits per heavy atom. The number of hydrogen-bond acceptors (Lipinski definition) is 0. The van der Waals surface area contributed by atoms with Gasteiger partial charge in [-0.2, -0.15) is 0 Å². The maximum atomic E-state index is 2.27. The van der Waals surface area contributed by atoms with Crippen LogP contribution >= 0.6 is 0 Å². The Labute approximate surface area is 119 Å². The Hall–Kier alpha value is -1.78. The summed E-state index contributed by atoms with van der Waals surface area (Å²) in [6, 6.07) is 32.8. The molecule has 0 atom stereocenters. The number of benzene rings is 3.